The van der Waals surface area contributed by atoms with Crippen LogP contribution in [0.5, 0.6) is 0 Å². The van der Waals surface area contributed by atoms with Crippen molar-refractivity contribution in [2.75, 3.05) is 51.6 Å². The summed E-state index contributed by atoms with van der Waals surface area (Å²) in [5.41, 5.74) is 8.59. The molecule has 1 fully saturated rings. The van der Waals surface area contributed by atoms with E-state index in [0.717, 1.165) is 43.9 Å². The number of amides is 1. The number of fused-ring (bicyclic) bond motifs is 1. The first-order chi connectivity index (χ1) is 15.0. The topological polar surface area (TPSA) is 96.5 Å². The van der Waals surface area contributed by atoms with E-state index < -0.39 is 5.91 Å². The van der Waals surface area contributed by atoms with E-state index in [1.165, 1.54) is 0 Å². The molecule has 31 heavy (non-hydrogen) atoms. The number of primary amides is 1. The summed E-state index contributed by atoms with van der Waals surface area (Å²) < 4.78 is 1.90. The van der Waals surface area contributed by atoms with E-state index in [2.05, 4.69) is 27.1 Å². The van der Waals surface area contributed by atoms with Gasteiger partial charge in [-0.05, 0) is 25.2 Å². The molecule has 3 N–H and O–H groups in total. The maximum atomic E-state index is 12.3. The number of hydrogen-bond donors (Lipinski definition) is 2. The summed E-state index contributed by atoms with van der Waals surface area (Å²) in [7, 11) is 2.13. The van der Waals surface area contributed by atoms with Crippen molar-refractivity contribution in [2.45, 2.75) is 6.54 Å². The predicted molar refractivity (Wildman–Crippen MR) is 121 cm³/mol. The van der Waals surface area contributed by atoms with E-state index in [4.69, 9.17) is 5.73 Å². The fraction of sp³-hybridized carbons (Fsp3) is 0.348. The molecule has 162 valence electrons. The number of carbonyl (C=O) groups excluding carboxylic acids is 2. The van der Waals surface area contributed by atoms with Gasteiger partial charge in [0.15, 0.2) is 11.6 Å². The number of anilines is 1. The lowest BCUT2D eigenvalue weighted by Gasteiger charge is -2.32. The molecule has 1 aliphatic heterocycles. The molecule has 1 saturated heterocycles. The van der Waals surface area contributed by atoms with E-state index in [1.54, 1.807) is 12.1 Å². The SMILES string of the molecule is CN1CCN(CCn2c(C(N)=O)nc3cc(NCC(=O)c4ccccc4)ccc32)CC1. The highest BCUT2D eigenvalue weighted by atomic mass is 16.1. The van der Waals surface area contributed by atoms with Gasteiger partial charge in [-0.3, -0.25) is 14.5 Å². The molecule has 0 spiro atoms. The summed E-state index contributed by atoms with van der Waals surface area (Å²) in [5.74, 6) is -0.263. The summed E-state index contributed by atoms with van der Waals surface area (Å²) in [6.07, 6.45) is 0. The monoisotopic (exact) mass is 420 g/mol. The number of benzene rings is 2. The van der Waals surface area contributed by atoms with Crippen LogP contribution in [0.25, 0.3) is 11.0 Å². The molecule has 0 radical (unpaired) electrons. The Morgan fingerprint density at radius 1 is 1.03 bits per heavy atom. The summed E-state index contributed by atoms with van der Waals surface area (Å²) in [5, 5.41) is 3.15. The van der Waals surface area contributed by atoms with E-state index >= 15 is 0 Å². The lowest BCUT2D eigenvalue weighted by atomic mass is 10.1. The van der Waals surface area contributed by atoms with Gasteiger partial charge in [0.1, 0.15) is 0 Å². The molecule has 1 amide bonds. The predicted octanol–water partition coefficient (Wildman–Crippen LogP) is 1.68. The Morgan fingerprint density at radius 3 is 2.48 bits per heavy atom. The standard InChI is InChI=1S/C23H28N6O2/c1-27-9-11-28(12-10-27)13-14-29-20-8-7-18(15-19(20)26-23(29)22(24)31)25-16-21(30)17-5-3-2-4-6-17/h2-8,15,25H,9-14,16H2,1H3,(H2,24,31). The Balaban J connectivity index is 1.48. The van der Waals surface area contributed by atoms with Crippen LogP contribution in [-0.2, 0) is 6.54 Å². The number of nitrogens with two attached hydrogens (primary N) is 1. The van der Waals surface area contributed by atoms with Gasteiger partial charge in [0, 0.05) is 50.5 Å². The highest BCUT2D eigenvalue weighted by Gasteiger charge is 2.18. The van der Waals surface area contributed by atoms with E-state index in [1.807, 2.05) is 41.0 Å². The molecule has 0 bridgehead atoms. The fourth-order valence-corrected chi connectivity index (χ4v) is 3.88. The first-order valence-electron chi connectivity index (χ1n) is 10.5. The van der Waals surface area contributed by atoms with Crippen LogP contribution in [-0.4, -0.2) is 77.4 Å². The highest BCUT2D eigenvalue weighted by molar-refractivity contribution is 5.99. The van der Waals surface area contributed by atoms with E-state index in [0.29, 0.717) is 17.6 Å². The zero-order valence-electron chi connectivity index (χ0n) is 17.8. The number of ketones is 1. The maximum absolute atomic E-state index is 12.3. The number of nitrogens with zero attached hydrogens (tertiary/aromatic N) is 4. The van der Waals surface area contributed by atoms with Gasteiger partial charge in [0.2, 0.25) is 0 Å². The number of nitrogens with one attached hydrogen (secondary N) is 1. The van der Waals surface area contributed by atoms with Crippen LogP contribution < -0.4 is 11.1 Å². The molecule has 2 aromatic carbocycles. The Labute approximate surface area is 181 Å². The van der Waals surface area contributed by atoms with Crippen LogP contribution in [0.2, 0.25) is 0 Å². The largest absolute Gasteiger partial charge is 0.378 e. The summed E-state index contributed by atoms with van der Waals surface area (Å²) in [6, 6.07) is 14.9. The van der Waals surface area contributed by atoms with Crippen molar-refractivity contribution >= 4 is 28.4 Å². The second-order valence-corrected chi connectivity index (χ2v) is 7.94. The minimum atomic E-state index is -0.539. The number of hydrogen-bond acceptors (Lipinski definition) is 6. The molecule has 4 rings (SSSR count). The first-order valence-corrected chi connectivity index (χ1v) is 10.5. The van der Waals surface area contributed by atoms with Crippen molar-refractivity contribution in [1.82, 2.24) is 19.4 Å². The Bertz CT molecular complexity index is 1070. The number of carbonyl (C=O) groups is 2. The van der Waals surface area contributed by atoms with Crippen molar-refractivity contribution in [1.29, 1.82) is 0 Å². The minimum absolute atomic E-state index is 0.0104. The number of piperazine rings is 1. The van der Waals surface area contributed by atoms with Crippen LogP contribution in [0.15, 0.2) is 48.5 Å². The summed E-state index contributed by atoms with van der Waals surface area (Å²) in [4.78, 5) is 33.5. The molecule has 3 aromatic rings. The van der Waals surface area contributed by atoms with Crippen molar-refractivity contribution in [2.24, 2.45) is 5.73 Å². The highest BCUT2D eigenvalue weighted by Crippen LogP contribution is 2.21. The Hall–Kier alpha value is -3.23. The van der Waals surface area contributed by atoms with Gasteiger partial charge in [-0.25, -0.2) is 4.98 Å². The third kappa shape index (κ3) is 4.92. The fourth-order valence-electron chi connectivity index (χ4n) is 3.88. The van der Waals surface area contributed by atoms with Gasteiger partial charge in [0.25, 0.3) is 5.91 Å². The molecule has 0 saturated carbocycles. The third-order valence-corrected chi connectivity index (χ3v) is 5.75. The van der Waals surface area contributed by atoms with Gasteiger partial charge in [-0.1, -0.05) is 30.3 Å². The molecule has 0 aliphatic carbocycles. The molecular formula is C23H28N6O2. The number of likely N-dealkylation sites (N-methyl/N-ethyl adjacent to an activating group) is 1. The zero-order valence-corrected chi connectivity index (χ0v) is 17.8. The normalized spacial score (nSPS) is 15.3. The number of imidazole rings is 1. The quantitative estimate of drug-likeness (QED) is 0.538. The van der Waals surface area contributed by atoms with Crippen LogP contribution in [0.4, 0.5) is 5.69 Å². The van der Waals surface area contributed by atoms with E-state index in [-0.39, 0.29) is 18.2 Å². The molecule has 1 aromatic heterocycles. The third-order valence-electron chi connectivity index (χ3n) is 5.75. The van der Waals surface area contributed by atoms with Crippen molar-refractivity contribution in [3.8, 4) is 0 Å². The van der Waals surface area contributed by atoms with Gasteiger partial charge in [-0.15, -0.1) is 0 Å². The molecule has 8 heteroatoms. The van der Waals surface area contributed by atoms with Gasteiger partial charge < -0.3 is 20.5 Å². The molecule has 0 atom stereocenters. The average molecular weight is 421 g/mol. The van der Waals surface area contributed by atoms with Gasteiger partial charge >= 0.3 is 0 Å². The van der Waals surface area contributed by atoms with Gasteiger partial charge in [-0.2, -0.15) is 0 Å². The Morgan fingerprint density at radius 2 is 1.77 bits per heavy atom. The maximum Gasteiger partial charge on any atom is 0.284 e. The molecular weight excluding hydrogens is 392 g/mol. The lowest BCUT2D eigenvalue weighted by Crippen LogP contribution is -2.45. The molecule has 8 nitrogen and oxygen atoms in total. The molecule has 2 heterocycles. The van der Waals surface area contributed by atoms with Crippen molar-refractivity contribution in [3.05, 3.63) is 59.9 Å². The zero-order chi connectivity index (χ0) is 21.8. The van der Waals surface area contributed by atoms with Crippen LogP contribution in [0.3, 0.4) is 0 Å². The molecule has 0 unspecified atom stereocenters. The van der Waals surface area contributed by atoms with E-state index in [9.17, 15) is 9.59 Å². The van der Waals surface area contributed by atoms with Crippen LogP contribution >= 0.6 is 0 Å². The summed E-state index contributed by atoms with van der Waals surface area (Å²) >= 11 is 0. The van der Waals surface area contributed by atoms with Crippen molar-refractivity contribution in [3.63, 3.8) is 0 Å². The van der Waals surface area contributed by atoms with Crippen molar-refractivity contribution < 1.29 is 9.59 Å². The van der Waals surface area contributed by atoms with Crippen LogP contribution in [0.1, 0.15) is 21.0 Å². The second kappa shape index (κ2) is 9.28. The first kappa shape index (κ1) is 21.0. The summed E-state index contributed by atoms with van der Waals surface area (Å²) in [6.45, 7) is 5.79. The number of rotatable bonds is 8. The average Bonchev–Trinajstić information content (AvgIpc) is 3.16. The smallest absolute Gasteiger partial charge is 0.284 e. The number of aromatic nitrogens is 2. The molecule has 1 aliphatic rings. The minimum Gasteiger partial charge on any atom is -0.378 e. The lowest BCUT2D eigenvalue weighted by molar-refractivity contribution is 0.0981. The Kier molecular flexibility index (Phi) is 6.29. The number of Topliss-reactive ketones (excluding diaryl/α,β-unsaturated/α-hetero) is 1. The second-order valence-electron chi connectivity index (χ2n) is 7.94. The van der Waals surface area contributed by atoms with Crippen LogP contribution in [0, 0.1) is 0 Å². The van der Waals surface area contributed by atoms with Gasteiger partial charge in [0.05, 0.1) is 17.6 Å².